The summed E-state index contributed by atoms with van der Waals surface area (Å²) in [5.41, 5.74) is 1.59. The van der Waals surface area contributed by atoms with E-state index in [2.05, 4.69) is 18.2 Å². The molecule has 0 spiro atoms. The second kappa shape index (κ2) is 8.99. The second-order valence-electron chi connectivity index (χ2n) is 7.41. The monoisotopic (exact) mass is 389 g/mol. The maximum Gasteiger partial charge on any atom is 0.253 e. The number of benzene rings is 3. The Hall–Kier alpha value is -3.01. The number of ether oxygens (including phenoxy) is 2. The molecule has 0 unspecified atom stereocenters. The van der Waals surface area contributed by atoms with E-state index >= 15 is 0 Å². The van der Waals surface area contributed by atoms with Crippen LogP contribution in [0.1, 0.15) is 42.1 Å². The van der Waals surface area contributed by atoms with Gasteiger partial charge in [-0.15, -0.1) is 0 Å². The van der Waals surface area contributed by atoms with Gasteiger partial charge in [-0.25, -0.2) is 0 Å². The van der Waals surface area contributed by atoms with Crippen molar-refractivity contribution in [1.29, 1.82) is 0 Å². The zero-order valence-electron chi connectivity index (χ0n) is 16.9. The molecular formula is C25H27NO3. The summed E-state index contributed by atoms with van der Waals surface area (Å²) in [5.74, 6) is 1.67. The van der Waals surface area contributed by atoms with Crippen LogP contribution >= 0.6 is 0 Å². The molecule has 150 valence electrons. The lowest BCUT2D eigenvalue weighted by Crippen LogP contribution is -2.35. The lowest BCUT2D eigenvalue weighted by atomic mass is 10.1. The molecule has 0 saturated carbocycles. The Balaban J connectivity index is 1.54. The van der Waals surface area contributed by atoms with E-state index in [1.165, 1.54) is 11.8 Å². The van der Waals surface area contributed by atoms with Gasteiger partial charge in [0.15, 0.2) is 0 Å². The Morgan fingerprint density at radius 1 is 0.897 bits per heavy atom. The average molecular weight is 389 g/mol. The number of piperidine rings is 1. The van der Waals surface area contributed by atoms with Crippen molar-refractivity contribution in [2.75, 3.05) is 19.7 Å². The third-order valence-corrected chi connectivity index (χ3v) is 5.37. The molecule has 0 aromatic heterocycles. The second-order valence-corrected chi connectivity index (χ2v) is 7.41. The molecule has 4 nitrogen and oxygen atoms in total. The molecule has 0 atom stereocenters. The van der Waals surface area contributed by atoms with E-state index in [1.807, 2.05) is 54.3 Å². The third kappa shape index (κ3) is 4.53. The predicted molar refractivity (Wildman–Crippen MR) is 116 cm³/mol. The van der Waals surface area contributed by atoms with Crippen molar-refractivity contribution >= 4 is 16.7 Å². The molecular weight excluding hydrogens is 362 g/mol. The largest absolute Gasteiger partial charge is 0.493 e. The summed E-state index contributed by atoms with van der Waals surface area (Å²) in [6.07, 6.45) is 3.37. The lowest BCUT2D eigenvalue weighted by Gasteiger charge is -2.27. The minimum absolute atomic E-state index is 0.0969. The normalized spacial score (nSPS) is 14.0. The maximum absolute atomic E-state index is 12.9. The van der Waals surface area contributed by atoms with Crippen molar-refractivity contribution in [3.05, 3.63) is 71.8 Å². The Morgan fingerprint density at radius 2 is 1.69 bits per heavy atom. The summed E-state index contributed by atoms with van der Waals surface area (Å²) in [6, 6.07) is 20.0. The van der Waals surface area contributed by atoms with E-state index in [-0.39, 0.29) is 5.91 Å². The topological polar surface area (TPSA) is 38.8 Å². The van der Waals surface area contributed by atoms with Gasteiger partial charge in [0, 0.05) is 24.2 Å². The number of fused-ring (bicyclic) bond motifs is 1. The minimum Gasteiger partial charge on any atom is -0.493 e. The van der Waals surface area contributed by atoms with Gasteiger partial charge in [0.2, 0.25) is 0 Å². The zero-order chi connectivity index (χ0) is 20.1. The zero-order valence-corrected chi connectivity index (χ0v) is 16.9. The van der Waals surface area contributed by atoms with Gasteiger partial charge in [-0.05, 0) is 67.3 Å². The number of amides is 1. The van der Waals surface area contributed by atoms with Gasteiger partial charge in [-0.1, -0.05) is 30.3 Å². The van der Waals surface area contributed by atoms with E-state index in [4.69, 9.17) is 9.47 Å². The summed E-state index contributed by atoms with van der Waals surface area (Å²) < 4.78 is 11.8. The molecule has 3 aromatic carbocycles. The van der Waals surface area contributed by atoms with Crippen molar-refractivity contribution < 1.29 is 14.3 Å². The fourth-order valence-corrected chi connectivity index (χ4v) is 3.82. The number of rotatable bonds is 6. The highest BCUT2D eigenvalue weighted by Gasteiger charge is 2.19. The lowest BCUT2D eigenvalue weighted by molar-refractivity contribution is 0.0724. The van der Waals surface area contributed by atoms with Crippen molar-refractivity contribution in [1.82, 2.24) is 4.90 Å². The van der Waals surface area contributed by atoms with Crippen LogP contribution in [0.4, 0.5) is 0 Å². The minimum atomic E-state index is 0.0969. The van der Waals surface area contributed by atoms with Crippen LogP contribution in [0.3, 0.4) is 0 Å². The van der Waals surface area contributed by atoms with Crippen LogP contribution in [-0.2, 0) is 6.61 Å². The first-order valence-electron chi connectivity index (χ1n) is 10.4. The van der Waals surface area contributed by atoms with E-state index in [0.29, 0.717) is 18.8 Å². The summed E-state index contributed by atoms with van der Waals surface area (Å²) in [6.45, 7) is 4.57. The van der Waals surface area contributed by atoms with Gasteiger partial charge in [0.05, 0.1) is 6.61 Å². The molecule has 1 saturated heterocycles. The van der Waals surface area contributed by atoms with Gasteiger partial charge in [-0.3, -0.25) is 4.79 Å². The molecule has 0 bridgehead atoms. The molecule has 0 N–H and O–H groups in total. The highest BCUT2D eigenvalue weighted by Crippen LogP contribution is 2.26. The Bertz CT molecular complexity index is 992. The highest BCUT2D eigenvalue weighted by atomic mass is 16.5. The number of carbonyl (C=O) groups is 1. The average Bonchev–Trinajstić information content (AvgIpc) is 2.78. The summed E-state index contributed by atoms with van der Waals surface area (Å²) in [4.78, 5) is 14.8. The third-order valence-electron chi connectivity index (χ3n) is 5.37. The van der Waals surface area contributed by atoms with Crippen LogP contribution in [0.25, 0.3) is 10.8 Å². The summed E-state index contributed by atoms with van der Waals surface area (Å²) >= 11 is 0. The molecule has 0 aliphatic carbocycles. The Morgan fingerprint density at radius 3 is 2.48 bits per heavy atom. The number of hydrogen-bond donors (Lipinski definition) is 0. The van der Waals surface area contributed by atoms with Gasteiger partial charge in [0.25, 0.3) is 5.91 Å². The standard InChI is InChI=1S/C25H27NO3/c1-2-28-24-13-11-21(25(27)26-14-6-3-7-15-26)16-22(24)18-29-23-12-10-19-8-4-5-9-20(19)17-23/h4-5,8-13,16-17H,2-3,6-7,14-15,18H2,1H3. The summed E-state index contributed by atoms with van der Waals surface area (Å²) in [5, 5.41) is 2.33. The molecule has 3 aromatic rings. The number of hydrogen-bond acceptors (Lipinski definition) is 3. The van der Waals surface area contributed by atoms with Crippen LogP contribution in [-0.4, -0.2) is 30.5 Å². The van der Waals surface area contributed by atoms with Crippen molar-refractivity contribution in [3.8, 4) is 11.5 Å². The number of nitrogens with zero attached hydrogens (tertiary/aromatic N) is 1. The molecule has 1 heterocycles. The first kappa shape index (κ1) is 19.3. The SMILES string of the molecule is CCOc1ccc(C(=O)N2CCCCC2)cc1COc1ccc2ccccc2c1. The van der Waals surface area contributed by atoms with Crippen LogP contribution in [0, 0.1) is 0 Å². The number of likely N-dealkylation sites (tertiary alicyclic amines) is 1. The Kier molecular flexibility index (Phi) is 5.99. The van der Waals surface area contributed by atoms with Gasteiger partial charge < -0.3 is 14.4 Å². The van der Waals surface area contributed by atoms with E-state index in [0.717, 1.165) is 48.4 Å². The van der Waals surface area contributed by atoms with Gasteiger partial charge >= 0.3 is 0 Å². The first-order valence-corrected chi connectivity index (χ1v) is 10.4. The molecule has 29 heavy (non-hydrogen) atoms. The molecule has 1 fully saturated rings. The summed E-state index contributed by atoms with van der Waals surface area (Å²) in [7, 11) is 0. The molecule has 1 aliphatic rings. The van der Waals surface area contributed by atoms with E-state index < -0.39 is 0 Å². The quantitative estimate of drug-likeness (QED) is 0.563. The van der Waals surface area contributed by atoms with Crippen molar-refractivity contribution in [2.24, 2.45) is 0 Å². The van der Waals surface area contributed by atoms with Gasteiger partial charge in [-0.2, -0.15) is 0 Å². The molecule has 4 heteroatoms. The smallest absolute Gasteiger partial charge is 0.253 e. The molecule has 1 amide bonds. The van der Waals surface area contributed by atoms with Crippen LogP contribution in [0.2, 0.25) is 0 Å². The van der Waals surface area contributed by atoms with Crippen molar-refractivity contribution in [2.45, 2.75) is 32.8 Å². The predicted octanol–water partition coefficient (Wildman–Crippen LogP) is 5.44. The first-order chi connectivity index (χ1) is 14.2. The fraction of sp³-hybridized carbons (Fsp3) is 0.320. The van der Waals surface area contributed by atoms with Crippen LogP contribution < -0.4 is 9.47 Å². The highest BCUT2D eigenvalue weighted by molar-refractivity contribution is 5.94. The maximum atomic E-state index is 12.9. The van der Waals surface area contributed by atoms with Crippen molar-refractivity contribution in [3.63, 3.8) is 0 Å². The molecule has 0 radical (unpaired) electrons. The fourth-order valence-electron chi connectivity index (χ4n) is 3.82. The Labute approximate surface area is 172 Å². The van der Waals surface area contributed by atoms with Crippen LogP contribution in [0.5, 0.6) is 11.5 Å². The molecule has 4 rings (SSSR count). The number of carbonyl (C=O) groups excluding carboxylic acids is 1. The van der Waals surface area contributed by atoms with Gasteiger partial charge in [0.1, 0.15) is 18.1 Å². The van der Waals surface area contributed by atoms with Crippen LogP contribution in [0.15, 0.2) is 60.7 Å². The molecule has 1 aliphatic heterocycles. The van der Waals surface area contributed by atoms with E-state index in [9.17, 15) is 4.79 Å². The van der Waals surface area contributed by atoms with E-state index in [1.54, 1.807) is 0 Å².